The average molecular weight is 260 g/mol. The van der Waals surface area contributed by atoms with Crippen molar-refractivity contribution in [1.82, 2.24) is 10.2 Å². The molecule has 3 rings (SSSR count). The van der Waals surface area contributed by atoms with E-state index in [1.807, 2.05) is 0 Å². The highest BCUT2D eigenvalue weighted by Gasteiger charge is 2.40. The molecule has 3 heteroatoms. The molecule has 1 N–H and O–H groups in total. The van der Waals surface area contributed by atoms with Gasteiger partial charge in [-0.2, -0.15) is 0 Å². The smallest absolute Gasteiger partial charge is 0.217 e. The molecule has 0 spiro atoms. The minimum atomic E-state index is 0.121. The van der Waals surface area contributed by atoms with Crippen LogP contribution in [-0.2, 0) is 4.79 Å². The quantitative estimate of drug-likeness (QED) is 0.845. The highest BCUT2D eigenvalue weighted by atomic mass is 16.1. The number of hydrogen-bond donors (Lipinski definition) is 1. The first-order valence-corrected chi connectivity index (χ1v) is 7.61. The molecule has 3 nitrogen and oxygen atoms in total. The minimum absolute atomic E-state index is 0.121. The third-order valence-corrected chi connectivity index (χ3v) is 4.73. The van der Waals surface area contributed by atoms with Crippen LogP contribution in [-0.4, -0.2) is 35.5 Å². The van der Waals surface area contributed by atoms with Crippen LogP contribution in [0.25, 0.3) is 0 Å². The maximum atomic E-state index is 11.2. The Hall–Kier alpha value is -1.09. The van der Waals surface area contributed by atoms with Crippen LogP contribution in [0.4, 0.5) is 0 Å². The second kappa shape index (κ2) is 5.49. The van der Waals surface area contributed by atoms with Gasteiger partial charge in [-0.25, -0.2) is 0 Å². The number of piperidine rings is 1. The Balaban J connectivity index is 1.61. The summed E-state index contributed by atoms with van der Waals surface area (Å²) in [6.45, 7) is 2.74. The van der Waals surface area contributed by atoms with Crippen molar-refractivity contribution in [1.29, 1.82) is 0 Å². The molecule has 2 saturated heterocycles. The molecule has 0 aromatic heterocycles. The molecule has 0 aromatic rings. The fourth-order valence-corrected chi connectivity index (χ4v) is 3.93. The van der Waals surface area contributed by atoms with Crippen LogP contribution in [0.15, 0.2) is 23.8 Å². The number of rotatable bonds is 3. The van der Waals surface area contributed by atoms with Crippen molar-refractivity contribution in [3.63, 3.8) is 0 Å². The van der Waals surface area contributed by atoms with Gasteiger partial charge in [-0.3, -0.25) is 9.69 Å². The Morgan fingerprint density at radius 2 is 2.05 bits per heavy atom. The van der Waals surface area contributed by atoms with Gasteiger partial charge in [-0.15, -0.1) is 0 Å². The van der Waals surface area contributed by atoms with Crippen LogP contribution >= 0.6 is 0 Å². The molecule has 0 saturated carbocycles. The normalized spacial score (nSPS) is 34.2. The number of nitrogens with one attached hydrogen (secondary N) is 1. The predicted octanol–water partition coefficient (Wildman–Crippen LogP) is 2.39. The summed E-state index contributed by atoms with van der Waals surface area (Å²) in [6.07, 6.45) is 14.2. The molecule has 0 radical (unpaired) electrons. The Labute approximate surface area is 115 Å². The number of amides is 1. The van der Waals surface area contributed by atoms with Crippen LogP contribution in [0.1, 0.15) is 45.4 Å². The molecule has 2 aliphatic heterocycles. The van der Waals surface area contributed by atoms with Crippen molar-refractivity contribution < 1.29 is 4.79 Å². The molecule has 2 fully saturated rings. The Morgan fingerprint density at radius 3 is 2.63 bits per heavy atom. The number of hydrogen-bond acceptors (Lipinski definition) is 2. The van der Waals surface area contributed by atoms with Crippen molar-refractivity contribution >= 4 is 5.91 Å². The van der Waals surface area contributed by atoms with E-state index in [4.69, 9.17) is 0 Å². The van der Waals surface area contributed by atoms with Crippen LogP contribution in [0, 0.1) is 0 Å². The van der Waals surface area contributed by atoms with E-state index in [1.165, 1.54) is 31.3 Å². The summed E-state index contributed by atoms with van der Waals surface area (Å²) in [5.74, 6) is 0.121. The summed E-state index contributed by atoms with van der Waals surface area (Å²) in [4.78, 5) is 13.9. The van der Waals surface area contributed by atoms with Gasteiger partial charge in [0.1, 0.15) is 0 Å². The van der Waals surface area contributed by atoms with Crippen molar-refractivity contribution in [2.75, 3.05) is 6.54 Å². The SMILES string of the molecule is CC(=O)NC1CC2CCC(C1)N2CC1=CCCC=C1. The second-order valence-corrected chi connectivity index (χ2v) is 6.18. The number of fused-ring (bicyclic) bond motifs is 2. The minimum Gasteiger partial charge on any atom is -0.353 e. The van der Waals surface area contributed by atoms with E-state index in [1.54, 1.807) is 6.92 Å². The topological polar surface area (TPSA) is 32.3 Å². The largest absolute Gasteiger partial charge is 0.353 e. The number of carbonyl (C=O) groups excluding carboxylic acids is 1. The molecule has 2 bridgehead atoms. The second-order valence-electron chi connectivity index (χ2n) is 6.18. The van der Waals surface area contributed by atoms with Gasteiger partial charge >= 0.3 is 0 Å². The summed E-state index contributed by atoms with van der Waals surface area (Å²) in [5.41, 5.74) is 1.49. The highest BCUT2D eigenvalue weighted by molar-refractivity contribution is 5.73. The molecule has 2 unspecified atom stereocenters. The van der Waals surface area contributed by atoms with Crippen molar-refractivity contribution in [3.05, 3.63) is 23.8 Å². The molecule has 1 aliphatic carbocycles. The molecule has 3 aliphatic rings. The lowest BCUT2D eigenvalue weighted by molar-refractivity contribution is -0.120. The van der Waals surface area contributed by atoms with E-state index in [9.17, 15) is 4.79 Å². The molecule has 2 atom stereocenters. The van der Waals surface area contributed by atoms with Crippen LogP contribution < -0.4 is 5.32 Å². The molecule has 19 heavy (non-hydrogen) atoms. The first-order valence-electron chi connectivity index (χ1n) is 7.61. The Kier molecular flexibility index (Phi) is 3.74. The summed E-state index contributed by atoms with van der Waals surface area (Å²) in [5, 5.41) is 3.11. The van der Waals surface area contributed by atoms with Gasteiger partial charge < -0.3 is 5.32 Å². The summed E-state index contributed by atoms with van der Waals surface area (Å²) < 4.78 is 0. The molecular weight excluding hydrogens is 236 g/mol. The first-order chi connectivity index (χ1) is 9.22. The van der Waals surface area contributed by atoms with Gasteiger partial charge in [0.2, 0.25) is 5.91 Å². The van der Waals surface area contributed by atoms with Gasteiger partial charge in [0.05, 0.1) is 0 Å². The maximum Gasteiger partial charge on any atom is 0.217 e. The number of allylic oxidation sites excluding steroid dienone is 2. The third kappa shape index (κ3) is 2.92. The molecule has 0 aromatic carbocycles. The average Bonchev–Trinajstić information content (AvgIpc) is 2.62. The Morgan fingerprint density at radius 1 is 1.32 bits per heavy atom. The highest BCUT2D eigenvalue weighted by Crippen LogP contribution is 2.36. The van der Waals surface area contributed by atoms with E-state index in [-0.39, 0.29) is 5.91 Å². The van der Waals surface area contributed by atoms with Gasteiger partial charge in [0.25, 0.3) is 0 Å². The third-order valence-electron chi connectivity index (χ3n) is 4.73. The summed E-state index contributed by atoms with van der Waals surface area (Å²) >= 11 is 0. The molecule has 104 valence electrons. The number of carbonyl (C=O) groups is 1. The lowest BCUT2D eigenvalue weighted by Crippen LogP contribution is -2.50. The van der Waals surface area contributed by atoms with Gasteiger partial charge in [-0.1, -0.05) is 18.2 Å². The maximum absolute atomic E-state index is 11.2. The van der Waals surface area contributed by atoms with Crippen molar-refractivity contribution in [3.8, 4) is 0 Å². The van der Waals surface area contributed by atoms with Crippen LogP contribution in [0.5, 0.6) is 0 Å². The van der Waals surface area contributed by atoms with Crippen molar-refractivity contribution in [2.24, 2.45) is 0 Å². The van der Waals surface area contributed by atoms with E-state index < -0.39 is 0 Å². The molecule has 1 amide bonds. The zero-order chi connectivity index (χ0) is 13.2. The number of nitrogens with zero attached hydrogens (tertiary/aromatic N) is 1. The molecule has 2 heterocycles. The first kappa shape index (κ1) is 12.9. The van der Waals surface area contributed by atoms with E-state index >= 15 is 0 Å². The van der Waals surface area contributed by atoms with Crippen LogP contribution in [0.2, 0.25) is 0 Å². The molecular formula is C16H24N2O. The van der Waals surface area contributed by atoms with Crippen molar-refractivity contribution in [2.45, 2.75) is 63.6 Å². The van der Waals surface area contributed by atoms with Gasteiger partial charge in [-0.05, 0) is 44.1 Å². The predicted molar refractivity (Wildman–Crippen MR) is 76.8 cm³/mol. The van der Waals surface area contributed by atoms with E-state index in [0.29, 0.717) is 18.1 Å². The van der Waals surface area contributed by atoms with Gasteiger partial charge in [0, 0.05) is 31.6 Å². The zero-order valence-corrected chi connectivity index (χ0v) is 11.8. The fraction of sp³-hybridized carbons (Fsp3) is 0.688. The van der Waals surface area contributed by atoms with Crippen LogP contribution in [0.3, 0.4) is 0 Å². The van der Waals surface area contributed by atoms with E-state index in [2.05, 4.69) is 28.4 Å². The summed E-state index contributed by atoms with van der Waals surface area (Å²) in [7, 11) is 0. The fourth-order valence-electron chi connectivity index (χ4n) is 3.93. The monoisotopic (exact) mass is 260 g/mol. The standard InChI is InChI=1S/C16H24N2O/c1-12(19)17-14-9-15-7-8-16(10-14)18(15)11-13-5-3-2-4-6-13/h3,5-6,14-16H,2,4,7-11H2,1H3,(H,17,19). The summed E-state index contributed by atoms with van der Waals surface area (Å²) in [6, 6.07) is 1.75. The zero-order valence-electron chi connectivity index (χ0n) is 11.8. The Bertz CT molecular complexity index is 399. The van der Waals surface area contributed by atoms with E-state index in [0.717, 1.165) is 19.4 Å². The lowest BCUT2D eigenvalue weighted by atomic mass is 9.96. The lowest BCUT2D eigenvalue weighted by Gasteiger charge is -2.39. The van der Waals surface area contributed by atoms with Gasteiger partial charge in [0.15, 0.2) is 0 Å².